The number of alkyl carbamates (subject to hydrolysis) is 1. The fourth-order valence-electron chi connectivity index (χ4n) is 5.02. The molecule has 210 valence electrons. The van der Waals surface area contributed by atoms with Gasteiger partial charge >= 0.3 is 6.09 Å². The van der Waals surface area contributed by atoms with Crippen molar-refractivity contribution in [2.75, 3.05) is 31.1 Å². The molecule has 0 aliphatic carbocycles. The highest BCUT2D eigenvalue weighted by Crippen LogP contribution is 2.33. The molecule has 2 fully saturated rings. The number of nitriles is 1. The number of rotatable bonds is 6. The molecule has 2 aliphatic heterocycles. The molecule has 3 atom stereocenters. The summed E-state index contributed by atoms with van der Waals surface area (Å²) in [6.45, 7) is 8.88. The molecule has 39 heavy (non-hydrogen) atoms. The van der Waals surface area contributed by atoms with Crippen molar-refractivity contribution in [2.24, 2.45) is 5.92 Å². The van der Waals surface area contributed by atoms with Gasteiger partial charge in [0.2, 0.25) is 5.95 Å². The molecule has 0 radical (unpaired) electrons. The van der Waals surface area contributed by atoms with Gasteiger partial charge in [-0.2, -0.15) is 5.26 Å². The first-order valence-electron chi connectivity index (χ1n) is 13.0. The van der Waals surface area contributed by atoms with Gasteiger partial charge in [-0.15, -0.1) is 0 Å². The second-order valence-corrected chi connectivity index (χ2v) is 11.0. The average molecular weight is 547 g/mol. The highest BCUT2D eigenvalue weighted by molar-refractivity contribution is 5.68. The van der Waals surface area contributed by atoms with Crippen LogP contribution in [0.3, 0.4) is 0 Å². The highest BCUT2D eigenvalue weighted by atomic mass is 19.2. The number of likely N-dealkylation sites (tertiary alicyclic amines) is 1. The summed E-state index contributed by atoms with van der Waals surface area (Å²) in [6, 6.07) is 0.646. The van der Waals surface area contributed by atoms with Crippen molar-refractivity contribution in [2.45, 2.75) is 64.2 Å². The summed E-state index contributed by atoms with van der Waals surface area (Å²) >= 11 is 0. The quantitative estimate of drug-likeness (QED) is 0.421. The van der Waals surface area contributed by atoms with E-state index in [1.807, 2.05) is 6.92 Å². The molecular formula is C27H33F3N6O3. The summed E-state index contributed by atoms with van der Waals surface area (Å²) in [6.07, 6.45) is 6.18. The zero-order valence-corrected chi connectivity index (χ0v) is 22.5. The van der Waals surface area contributed by atoms with E-state index in [0.717, 1.165) is 18.9 Å². The van der Waals surface area contributed by atoms with Crippen molar-refractivity contribution in [3.05, 3.63) is 47.5 Å². The summed E-state index contributed by atoms with van der Waals surface area (Å²) in [5.74, 6) is -2.97. The lowest BCUT2D eigenvalue weighted by Crippen LogP contribution is -2.43. The molecule has 4 rings (SSSR count). The third kappa shape index (κ3) is 7.02. The van der Waals surface area contributed by atoms with Gasteiger partial charge in [0.15, 0.2) is 23.6 Å². The summed E-state index contributed by atoms with van der Waals surface area (Å²) in [7, 11) is 0. The maximum Gasteiger partial charge on any atom is 0.407 e. The Morgan fingerprint density at radius 3 is 2.36 bits per heavy atom. The van der Waals surface area contributed by atoms with Gasteiger partial charge in [-0.25, -0.2) is 27.9 Å². The van der Waals surface area contributed by atoms with Crippen LogP contribution in [0.25, 0.3) is 0 Å². The molecule has 1 aromatic carbocycles. The van der Waals surface area contributed by atoms with Crippen LogP contribution in [-0.2, 0) is 4.74 Å². The summed E-state index contributed by atoms with van der Waals surface area (Å²) in [4.78, 5) is 24.8. The average Bonchev–Trinajstić information content (AvgIpc) is 3.28. The first kappa shape index (κ1) is 28.3. The molecule has 2 saturated heterocycles. The maximum atomic E-state index is 14.7. The van der Waals surface area contributed by atoms with Crippen LogP contribution in [0, 0.1) is 34.8 Å². The van der Waals surface area contributed by atoms with Crippen LogP contribution in [0.2, 0.25) is 0 Å². The number of hydrogen-bond donors (Lipinski definition) is 1. The van der Waals surface area contributed by atoms with Crippen LogP contribution >= 0.6 is 0 Å². The van der Waals surface area contributed by atoms with E-state index in [2.05, 4.69) is 21.5 Å². The van der Waals surface area contributed by atoms with Crippen molar-refractivity contribution < 1.29 is 27.4 Å². The van der Waals surface area contributed by atoms with E-state index in [0.29, 0.717) is 36.8 Å². The SMILES string of the molecule is C[C@H](Oc1cnc(N2CC(NC(=O)OC(C)(C)C)[C@@H](c3cc(F)c(F)cc3F)C2)nc1)C1CCN(C#N)CC1. The summed E-state index contributed by atoms with van der Waals surface area (Å²) < 4.78 is 53.8. The Kier molecular flexibility index (Phi) is 8.37. The minimum Gasteiger partial charge on any atom is -0.487 e. The molecule has 1 aromatic heterocycles. The Morgan fingerprint density at radius 2 is 1.74 bits per heavy atom. The number of carbonyl (C=O) groups excluding carboxylic acids is 1. The van der Waals surface area contributed by atoms with E-state index in [1.54, 1.807) is 43.0 Å². The van der Waals surface area contributed by atoms with E-state index in [-0.39, 0.29) is 24.8 Å². The molecule has 1 N–H and O–H groups in total. The van der Waals surface area contributed by atoms with Crippen molar-refractivity contribution in [3.63, 3.8) is 0 Å². The van der Waals surface area contributed by atoms with Crippen LogP contribution < -0.4 is 15.0 Å². The predicted molar refractivity (Wildman–Crippen MR) is 136 cm³/mol. The van der Waals surface area contributed by atoms with Gasteiger partial charge < -0.3 is 24.6 Å². The molecule has 0 saturated carbocycles. The van der Waals surface area contributed by atoms with Gasteiger partial charge in [-0.05, 0) is 58.1 Å². The van der Waals surface area contributed by atoms with E-state index >= 15 is 0 Å². The topological polar surface area (TPSA) is 104 Å². The van der Waals surface area contributed by atoms with Gasteiger partial charge in [0, 0.05) is 38.2 Å². The third-order valence-corrected chi connectivity index (χ3v) is 7.03. The van der Waals surface area contributed by atoms with Crippen molar-refractivity contribution in [3.8, 4) is 11.9 Å². The molecule has 9 nitrogen and oxygen atoms in total. The lowest BCUT2D eigenvalue weighted by Gasteiger charge is -2.32. The second kappa shape index (κ2) is 11.6. The largest absolute Gasteiger partial charge is 0.487 e. The molecular weight excluding hydrogens is 513 g/mol. The monoisotopic (exact) mass is 546 g/mol. The van der Waals surface area contributed by atoms with Gasteiger partial charge in [0.1, 0.15) is 11.4 Å². The van der Waals surface area contributed by atoms with Gasteiger partial charge in [0.05, 0.1) is 24.5 Å². The van der Waals surface area contributed by atoms with Crippen molar-refractivity contribution in [1.29, 1.82) is 5.26 Å². The van der Waals surface area contributed by atoms with Crippen LogP contribution in [0.4, 0.5) is 23.9 Å². The van der Waals surface area contributed by atoms with E-state index < -0.39 is 41.1 Å². The van der Waals surface area contributed by atoms with Crippen LogP contribution in [-0.4, -0.2) is 64.9 Å². The standard InChI is InChI=1S/C27H33F3N6O3/c1-16(17-5-7-35(15-31)8-6-17)38-18-11-32-25(33-12-18)36-13-20(19-9-22(29)23(30)10-21(19)28)24(14-36)34-26(37)39-27(2,3)4/h9-12,16-17,20,24H,5-8,13-14H2,1-4H3,(H,34,37)/t16-,20+,24?/m0/s1. The number of nitrogens with one attached hydrogen (secondary N) is 1. The van der Waals surface area contributed by atoms with Crippen LogP contribution in [0.15, 0.2) is 24.5 Å². The molecule has 12 heteroatoms. The van der Waals surface area contributed by atoms with E-state index in [1.165, 1.54) is 0 Å². The number of aromatic nitrogens is 2. The van der Waals surface area contributed by atoms with Crippen molar-refractivity contribution in [1.82, 2.24) is 20.2 Å². The number of piperidine rings is 1. The second-order valence-electron chi connectivity index (χ2n) is 11.0. The van der Waals surface area contributed by atoms with Gasteiger partial charge in [0.25, 0.3) is 0 Å². The molecule has 1 unspecified atom stereocenters. The number of nitrogens with zero attached hydrogens (tertiary/aromatic N) is 5. The Hall–Kier alpha value is -3.75. The fourth-order valence-corrected chi connectivity index (χ4v) is 5.02. The number of benzene rings is 1. The number of hydrogen-bond acceptors (Lipinski definition) is 8. The first-order valence-corrected chi connectivity index (χ1v) is 13.0. The maximum absolute atomic E-state index is 14.7. The zero-order chi connectivity index (χ0) is 28.3. The number of anilines is 1. The van der Waals surface area contributed by atoms with Crippen molar-refractivity contribution >= 4 is 12.0 Å². The fraction of sp³-hybridized carbons (Fsp3) is 0.556. The molecule has 2 aliphatic rings. The Bertz CT molecular complexity index is 1210. The number of amides is 1. The molecule has 1 amide bonds. The molecule has 0 bridgehead atoms. The molecule has 2 aromatic rings. The zero-order valence-electron chi connectivity index (χ0n) is 22.5. The molecule has 3 heterocycles. The highest BCUT2D eigenvalue weighted by Gasteiger charge is 2.39. The first-order chi connectivity index (χ1) is 18.4. The minimum atomic E-state index is -1.29. The summed E-state index contributed by atoms with van der Waals surface area (Å²) in [5.41, 5.74) is -0.817. The smallest absolute Gasteiger partial charge is 0.407 e. The van der Waals surface area contributed by atoms with E-state index in [9.17, 15) is 18.0 Å². The van der Waals surface area contributed by atoms with Crippen LogP contribution in [0.1, 0.15) is 52.0 Å². The number of ether oxygens (including phenoxy) is 2. The van der Waals surface area contributed by atoms with Gasteiger partial charge in [-0.3, -0.25) is 0 Å². The van der Waals surface area contributed by atoms with Gasteiger partial charge in [-0.1, -0.05) is 0 Å². The Morgan fingerprint density at radius 1 is 1.10 bits per heavy atom. The Balaban J connectivity index is 1.47. The number of carbonyl (C=O) groups is 1. The lowest BCUT2D eigenvalue weighted by atomic mass is 9.92. The summed E-state index contributed by atoms with van der Waals surface area (Å²) in [5, 5.41) is 11.8. The molecule has 0 spiro atoms. The minimum absolute atomic E-state index is 0.0614. The predicted octanol–water partition coefficient (Wildman–Crippen LogP) is 4.35. The Labute approximate surface area is 225 Å². The normalized spacial score (nSPS) is 20.9. The van der Waals surface area contributed by atoms with E-state index in [4.69, 9.17) is 14.7 Å². The third-order valence-electron chi connectivity index (χ3n) is 7.03. The van der Waals surface area contributed by atoms with Crippen LogP contribution in [0.5, 0.6) is 5.75 Å². The lowest BCUT2D eigenvalue weighted by molar-refractivity contribution is 0.0504. The number of halogens is 3.